The van der Waals surface area contributed by atoms with Gasteiger partial charge in [0.1, 0.15) is 0 Å². The normalized spacial score (nSPS) is 10.1. The molecule has 0 aliphatic heterocycles. The number of carbonyl (C=O) groups excluding carboxylic acids is 1. The summed E-state index contributed by atoms with van der Waals surface area (Å²) in [6.45, 7) is 2.53. The van der Waals surface area contributed by atoms with Crippen LogP contribution < -0.4 is 5.32 Å². The third kappa shape index (κ3) is 2.67. The number of aryl methyl sites for hydroxylation is 1. The highest BCUT2D eigenvalue weighted by atomic mass is 32.1. The molecular weight excluding hydrogens is 220 g/mol. The molecule has 0 atom stereocenters. The standard InChI is InChI=1S/C12H12N2OS/c1-9-6-11(8-16-9)12(15)14-7-10-2-4-13-5-3-10/h2-6,8H,7H2,1H3,(H,14,15). The highest BCUT2D eigenvalue weighted by Gasteiger charge is 2.06. The summed E-state index contributed by atoms with van der Waals surface area (Å²) in [6.07, 6.45) is 3.44. The van der Waals surface area contributed by atoms with E-state index in [1.807, 2.05) is 30.5 Å². The van der Waals surface area contributed by atoms with E-state index in [4.69, 9.17) is 0 Å². The van der Waals surface area contributed by atoms with E-state index in [0.29, 0.717) is 6.54 Å². The molecule has 2 rings (SSSR count). The second kappa shape index (κ2) is 4.90. The van der Waals surface area contributed by atoms with Gasteiger partial charge in [-0.1, -0.05) is 0 Å². The third-order valence-electron chi connectivity index (χ3n) is 2.20. The van der Waals surface area contributed by atoms with E-state index in [2.05, 4.69) is 10.3 Å². The van der Waals surface area contributed by atoms with Crippen LogP contribution in [0.15, 0.2) is 36.0 Å². The number of rotatable bonds is 3. The summed E-state index contributed by atoms with van der Waals surface area (Å²) in [7, 11) is 0. The Balaban J connectivity index is 1.94. The lowest BCUT2D eigenvalue weighted by Gasteiger charge is -2.02. The Labute approximate surface area is 98.2 Å². The summed E-state index contributed by atoms with van der Waals surface area (Å²) in [5, 5.41) is 4.74. The molecule has 0 bridgehead atoms. The molecule has 0 saturated carbocycles. The number of carbonyl (C=O) groups is 1. The van der Waals surface area contributed by atoms with Gasteiger partial charge in [0.05, 0.1) is 5.56 Å². The molecule has 4 heteroatoms. The van der Waals surface area contributed by atoms with Crippen molar-refractivity contribution in [3.63, 3.8) is 0 Å². The van der Waals surface area contributed by atoms with Gasteiger partial charge >= 0.3 is 0 Å². The molecule has 1 N–H and O–H groups in total. The van der Waals surface area contributed by atoms with Gasteiger partial charge < -0.3 is 5.32 Å². The average Bonchev–Trinajstić information content (AvgIpc) is 2.74. The van der Waals surface area contributed by atoms with E-state index in [1.165, 1.54) is 0 Å². The van der Waals surface area contributed by atoms with Gasteiger partial charge in [-0.15, -0.1) is 11.3 Å². The smallest absolute Gasteiger partial charge is 0.252 e. The Morgan fingerprint density at radius 2 is 2.19 bits per heavy atom. The number of thiophene rings is 1. The van der Waals surface area contributed by atoms with Gasteiger partial charge in [-0.2, -0.15) is 0 Å². The van der Waals surface area contributed by atoms with Gasteiger partial charge in [0, 0.05) is 29.2 Å². The Bertz CT molecular complexity index is 479. The number of aromatic nitrogens is 1. The van der Waals surface area contributed by atoms with Gasteiger partial charge in [0.15, 0.2) is 0 Å². The van der Waals surface area contributed by atoms with Crippen molar-refractivity contribution in [3.05, 3.63) is 52.0 Å². The number of nitrogens with zero attached hydrogens (tertiary/aromatic N) is 1. The molecule has 2 aromatic heterocycles. The molecule has 0 aliphatic carbocycles. The van der Waals surface area contributed by atoms with E-state index < -0.39 is 0 Å². The van der Waals surface area contributed by atoms with Gasteiger partial charge in [-0.3, -0.25) is 9.78 Å². The lowest BCUT2D eigenvalue weighted by molar-refractivity contribution is 0.0951. The molecule has 0 unspecified atom stereocenters. The zero-order valence-electron chi connectivity index (χ0n) is 8.93. The highest BCUT2D eigenvalue weighted by Crippen LogP contribution is 2.12. The summed E-state index contributed by atoms with van der Waals surface area (Å²) < 4.78 is 0. The van der Waals surface area contributed by atoms with E-state index >= 15 is 0 Å². The maximum absolute atomic E-state index is 11.7. The maximum Gasteiger partial charge on any atom is 0.252 e. The van der Waals surface area contributed by atoms with Gasteiger partial charge in [0.25, 0.3) is 5.91 Å². The summed E-state index contributed by atoms with van der Waals surface area (Å²) >= 11 is 1.58. The number of nitrogens with one attached hydrogen (secondary N) is 1. The molecule has 1 amide bonds. The first-order chi connectivity index (χ1) is 7.75. The van der Waals surface area contributed by atoms with Gasteiger partial charge in [-0.25, -0.2) is 0 Å². The molecule has 0 spiro atoms. The van der Waals surface area contributed by atoms with Crippen molar-refractivity contribution in [1.82, 2.24) is 10.3 Å². The summed E-state index contributed by atoms with van der Waals surface area (Å²) in [6, 6.07) is 5.67. The second-order valence-corrected chi connectivity index (χ2v) is 4.60. The predicted molar refractivity (Wildman–Crippen MR) is 64.5 cm³/mol. The SMILES string of the molecule is Cc1cc(C(=O)NCc2ccncc2)cs1. The van der Waals surface area contributed by atoms with Crippen LogP contribution in [0.3, 0.4) is 0 Å². The van der Waals surface area contributed by atoms with E-state index in [0.717, 1.165) is 16.0 Å². The first-order valence-electron chi connectivity index (χ1n) is 4.98. The maximum atomic E-state index is 11.7. The van der Waals surface area contributed by atoms with Crippen LogP contribution in [0.4, 0.5) is 0 Å². The molecule has 82 valence electrons. The molecule has 0 radical (unpaired) electrons. The third-order valence-corrected chi connectivity index (χ3v) is 3.06. The Morgan fingerprint density at radius 1 is 1.44 bits per heavy atom. The van der Waals surface area contributed by atoms with Crippen molar-refractivity contribution < 1.29 is 4.79 Å². The first kappa shape index (κ1) is 10.8. The lowest BCUT2D eigenvalue weighted by Crippen LogP contribution is -2.22. The Kier molecular flexibility index (Phi) is 3.31. The lowest BCUT2D eigenvalue weighted by atomic mass is 10.2. The topological polar surface area (TPSA) is 42.0 Å². The Morgan fingerprint density at radius 3 is 2.81 bits per heavy atom. The fourth-order valence-corrected chi connectivity index (χ4v) is 2.03. The predicted octanol–water partition coefficient (Wildman–Crippen LogP) is 2.38. The van der Waals surface area contributed by atoms with Crippen LogP contribution >= 0.6 is 11.3 Å². The number of hydrogen-bond donors (Lipinski definition) is 1. The Hall–Kier alpha value is -1.68. The first-order valence-corrected chi connectivity index (χ1v) is 5.86. The van der Waals surface area contributed by atoms with Crippen molar-refractivity contribution in [1.29, 1.82) is 0 Å². The van der Waals surface area contributed by atoms with E-state index in [9.17, 15) is 4.79 Å². The van der Waals surface area contributed by atoms with Gasteiger partial charge in [0.2, 0.25) is 0 Å². The summed E-state index contributed by atoms with van der Waals surface area (Å²) in [4.78, 5) is 16.8. The van der Waals surface area contributed by atoms with Crippen LogP contribution in [0.25, 0.3) is 0 Å². The zero-order chi connectivity index (χ0) is 11.4. The van der Waals surface area contributed by atoms with Crippen molar-refractivity contribution in [2.24, 2.45) is 0 Å². The minimum atomic E-state index is -0.0267. The van der Waals surface area contributed by atoms with E-state index in [-0.39, 0.29) is 5.91 Å². The van der Waals surface area contributed by atoms with Crippen LogP contribution in [-0.2, 0) is 6.54 Å². The van der Waals surface area contributed by atoms with Crippen LogP contribution in [0.2, 0.25) is 0 Å². The fourth-order valence-electron chi connectivity index (χ4n) is 1.35. The highest BCUT2D eigenvalue weighted by molar-refractivity contribution is 7.10. The molecular formula is C12H12N2OS. The number of pyridine rings is 1. The largest absolute Gasteiger partial charge is 0.348 e. The zero-order valence-corrected chi connectivity index (χ0v) is 9.75. The van der Waals surface area contributed by atoms with E-state index in [1.54, 1.807) is 23.7 Å². The molecule has 3 nitrogen and oxygen atoms in total. The van der Waals surface area contributed by atoms with Crippen LogP contribution in [0, 0.1) is 6.92 Å². The fraction of sp³-hybridized carbons (Fsp3) is 0.167. The summed E-state index contributed by atoms with van der Waals surface area (Å²) in [5.41, 5.74) is 1.78. The van der Waals surface area contributed by atoms with Crippen LogP contribution in [-0.4, -0.2) is 10.9 Å². The molecule has 0 aromatic carbocycles. The van der Waals surface area contributed by atoms with Crippen LogP contribution in [0.1, 0.15) is 20.8 Å². The quantitative estimate of drug-likeness (QED) is 0.882. The van der Waals surface area contributed by atoms with Crippen molar-refractivity contribution in [3.8, 4) is 0 Å². The second-order valence-electron chi connectivity index (χ2n) is 3.48. The number of hydrogen-bond acceptors (Lipinski definition) is 3. The minimum Gasteiger partial charge on any atom is -0.348 e. The molecule has 0 saturated heterocycles. The van der Waals surface area contributed by atoms with Gasteiger partial charge in [-0.05, 0) is 30.7 Å². The van der Waals surface area contributed by atoms with Crippen molar-refractivity contribution >= 4 is 17.2 Å². The van der Waals surface area contributed by atoms with Crippen LogP contribution in [0.5, 0.6) is 0 Å². The molecule has 0 fully saturated rings. The number of amides is 1. The van der Waals surface area contributed by atoms with Crippen molar-refractivity contribution in [2.75, 3.05) is 0 Å². The molecule has 2 aromatic rings. The van der Waals surface area contributed by atoms with Crippen molar-refractivity contribution in [2.45, 2.75) is 13.5 Å². The monoisotopic (exact) mass is 232 g/mol. The minimum absolute atomic E-state index is 0.0267. The summed E-state index contributed by atoms with van der Waals surface area (Å²) in [5.74, 6) is -0.0267. The average molecular weight is 232 g/mol. The molecule has 2 heterocycles. The molecule has 16 heavy (non-hydrogen) atoms. The molecule has 0 aliphatic rings.